The largest absolute Gasteiger partial charge is 0.252 e. The van der Waals surface area contributed by atoms with Gasteiger partial charge in [0.25, 0.3) is 0 Å². The Hall–Kier alpha value is -1.73. The van der Waals surface area contributed by atoms with Crippen LogP contribution in [0.1, 0.15) is 244 Å². The van der Waals surface area contributed by atoms with Gasteiger partial charge in [-0.25, -0.2) is 0 Å². The maximum atomic E-state index is 5.50. The molecule has 0 amide bonds. The Morgan fingerprint density at radius 2 is 0.600 bits per heavy atom. The van der Waals surface area contributed by atoms with Crippen LogP contribution in [0.2, 0.25) is 0 Å². The summed E-state index contributed by atoms with van der Waals surface area (Å²) in [7, 11) is 0. The van der Waals surface area contributed by atoms with Crippen molar-refractivity contribution in [3.63, 3.8) is 0 Å². The van der Waals surface area contributed by atoms with E-state index in [0.717, 1.165) is 49.9 Å². The minimum absolute atomic E-state index is 0. The summed E-state index contributed by atoms with van der Waals surface area (Å²) in [4.78, 5) is 11.0. The van der Waals surface area contributed by atoms with E-state index in [9.17, 15) is 0 Å². The summed E-state index contributed by atoms with van der Waals surface area (Å²) in [6, 6.07) is 14.1. The average molecular weight is 800 g/mol. The molecular weight excluding hydrogens is 711 g/mol. The third-order valence-electron chi connectivity index (χ3n) is 11.4. The third kappa shape index (κ3) is 23.9. The van der Waals surface area contributed by atoms with Crippen LogP contribution >= 0.6 is 0 Å². The monoisotopic (exact) mass is 799 g/mol. The number of aliphatic imine (C=N–C) groups is 2. The maximum Gasteiger partial charge on any atom is 0.0636 e. The van der Waals surface area contributed by atoms with E-state index in [1.54, 1.807) is 0 Å². The van der Waals surface area contributed by atoms with E-state index in [4.69, 9.17) is 9.98 Å². The second kappa shape index (κ2) is 35.4. The summed E-state index contributed by atoms with van der Waals surface area (Å²) >= 11 is 0. The number of rotatable bonds is 35. The zero-order valence-electron chi connectivity index (χ0n) is 37.3. The molecule has 316 valence electrons. The molecule has 2 nitrogen and oxygen atoms in total. The zero-order valence-corrected chi connectivity index (χ0v) is 38.3. The topological polar surface area (TPSA) is 24.7 Å². The van der Waals surface area contributed by atoms with E-state index in [2.05, 4.69) is 77.9 Å². The van der Waals surface area contributed by atoms with Gasteiger partial charge in [-0.05, 0) is 97.9 Å². The van der Waals surface area contributed by atoms with Gasteiger partial charge in [-0.15, -0.1) is 0 Å². The predicted octanol–water partition coefficient (Wildman–Crippen LogP) is 17.7. The Balaban J connectivity index is 0.0000151. The van der Waals surface area contributed by atoms with Crippen molar-refractivity contribution in [2.45, 2.75) is 247 Å². The normalized spacial score (nSPS) is 12.0. The van der Waals surface area contributed by atoms with Gasteiger partial charge in [0.05, 0.1) is 22.8 Å². The first-order chi connectivity index (χ1) is 26.6. The molecule has 0 aliphatic rings. The minimum Gasteiger partial charge on any atom is -0.252 e. The Bertz CT molecular complexity index is 1260. The van der Waals surface area contributed by atoms with Gasteiger partial charge < -0.3 is 0 Å². The number of hydrogen-bond donors (Lipinski definition) is 0. The predicted molar refractivity (Wildman–Crippen MR) is 245 cm³/mol. The van der Waals surface area contributed by atoms with Crippen LogP contribution in [-0.4, -0.2) is 11.4 Å². The van der Waals surface area contributed by atoms with Crippen molar-refractivity contribution in [2.24, 2.45) is 9.98 Å². The minimum atomic E-state index is 0. The van der Waals surface area contributed by atoms with Gasteiger partial charge in [-0.3, -0.25) is 9.98 Å². The first kappa shape index (κ1) is 51.3. The van der Waals surface area contributed by atoms with Crippen molar-refractivity contribution >= 4 is 22.8 Å². The van der Waals surface area contributed by atoms with Gasteiger partial charge in [0.2, 0.25) is 0 Å². The summed E-state index contributed by atoms with van der Waals surface area (Å²) in [5, 5.41) is 0. The van der Waals surface area contributed by atoms with Crippen LogP contribution in [0.15, 0.2) is 46.4 Å². The fourth-order valence-electron chi connectivity index (χ4n) is 8.15. The zero-order chi connectivity index (χ0) is 38.9. The maximum absolute atomic E-state index is 5.50. The number of unbranched alkanes of at least 4 members (excludes halogenated alkanes) is 20. The standard InChI is InChI=1S/C52H88N2.Ni/c1-7-13-15-17-18-19-20-21-22-23-24-25-26-27-28-29-30-32-38-52(54-50-42-40-46(34-10-4)48(44-50)36-12-6)51(37-31-16-14-8-2)53-49-41-39-45(33-9-3)47(43-49)35-11-5;/h39-44H,7-38H2,1-6H3;/b53-51+,54-52+;. The summed E-state index contributed by atoms with van der Waals surface area (Å²) in [6.45, 7) is 13.8. The molecule has 2 aromatic rings. The van der Waals surface area contributed by atoms with Crippen LogP contribution in [-0.2, 0) is 42.2 Å². The average Bonchev–Trinajstić information content (AvgIpc) is 3.17. The molecule has 0 aliphatic heterocycles. The molecule has 0 bridgehead atoms. The van der Waals surface area contributed by atoms with Crippen molar-refractivity contribution in [3.8, 4) is 0 Å². The molecule has 0 unspecified atom stereocenters. The number of nitrogens with zero attached hydrogens (tertiary/aromatic N) is 2. The van der Waals surface area contributed by atoms with Crippen LogP contribution < -0.4 is 0 Å². The fourth-order valence-corrected chi connectivity index (χ4v) is 8.15. The molecular formula is C52H88N2Ni. The van der Waals surface area contributed by atoms with E-state index < -0.39 is 0 Å². The van der Waals surface area contributed by atoms with E-state index >= 15 is 0 Å². The van der Waals surface area contributed by atoms with Crippen molar-refractivity contribution < 1.29 is 16.5 Å². The van der Waals surface area contributed by atoms with Crippen molar-refractivity contribution in [3.05, 3.63) is 58.7 Å². The molecule has 0 spiro atoms. The molecule has 2 aromatic carbocycles. The summed E-state index contributed by atoms with van der Waals surface area (Å²) in [6.07, 6.45) is 41.7. The summed E-state index contributed by atoms with van der Waals surface area (Å²) < 4.78 is 0. The molecule has 0 saturated carbocycles. The molecule has 0 aliphatic carbocycles. The molecule has 0 fully saturated rings. The van der Waals surface area contributed by atoms with Crippen LogP contribution in [0.25, 0.3) is 0 Å². The third-order valence-corrected chi connectivity index (χ3v) is 11.4. The quantitative estimate of drug-likeness (QED) is 0.0377. The number of aryl methyl sites for hydroxylation is 4. The van der Waals surface area contributed by atoms with Crippen LogP contribution in [0, 0.1) is 0 Å². The van der Waals surface area contributed by atoms with Gasteiger partial charge in [0.1, 0.15) is 0 Å². The molecule has 0 N–H and O–H groups in total. The van der Waals surface area contributed by atoms with Crippen LogP contribution in [0.4, 0.5) is 11.4 Å². The molecule has 55 heavy (non-hydrogen) atoms. The van der Waals surface area contributed by atoms with E-state index in [-0.39, 0.29) is 16.5 Å². The number of hydrogen-bond acceptors (Lipinski definition) is 2. The Labute approximate surface area is 353 Å². The first-order valence-corrected chi connectivity index (χ1v) is 24.0. The fraction of sp³-hybridized carbons (Fsp3) is 0.731. The second-order valence-electron chi connectivity index (χ2n) is 16.6. The van der Waals surface area contributed by atoms with Gasteiger partial charge in [0.15, 0.2) is 0 Å². The van der Waals surface area contributed by atoms with Crippen LogP contribution in [0.5, 0.6) is 0 Å². The molecule has 0 heterocycles. The first-order valence-electron chi connectivity index (χ1n) is 24.0. The van der Waals surface area contributed by atoms with E-state index in [1.165, 1.54) is 201 Å². The molecule has 3 heteroatoms. The van der Waals surface area contributed by atoms with Crippen molar-refractivity contribution in [2.75, 3.05) is 0 Å². The molecule has 2 rings (SSSR count). The van der Waals surface area contributed by atoms with E-state index in [0.29, 0.717) is 0 Å². The van der Waals surface area contributed by atoms with E-state index in [1.807, 2.05) is 0 Å². The Morgan fingerprint density at radius 1 is 0.327 bits per heavy atom. The van der Waals surface area contributed by atoms with Gasteiger partial charge in [-0.1, -0.05) is 208 Å². The number of benzene rings is 2. The molecule has 0 aromatic heterocycles. The summed E-state index contributed by atoms with van der Waals surface area (Å²) in [5.41, 5.74) is 10.7. The molecule has 0 saturated heterocycles. The SMILES string of the molecule is CCCCCCCCCCCCCCCCCCCCC(=N\c1ccc(CCC)c(CCC)c1)/C(CCCCCC)=N/c1ccc(CCC)c(CCC)c1.[Ni]. The smallest absolute Gasteiger partial charge is 0.0636 e. The Kier molecular flexibility index (Phi) is 33.0. The molecule has 0 radical (unpaired) electrons. The van der Waals surface area contributed by atoms with Crippen molar-refractivity contribution in [1.82, 2.24) is 0 Å². The Morgan fingerprint density at radius 3 is 0.909 bits per heavy atom. The summed E-state index contributed by atoms with van der Waals surface area (Å²) in [5.74, 6) is 0. The van der Waals surface area contributed by atoms with Gasteiger partial charge in [0, 0.05) is 16.5 Å². The van der Waals surface area contributed by atoms with Gasteiger partial charge >= 0.3 is 0 Å². The molecule has 0 atom stereocenters. The van der Waals surface area contributed by atoms with Crippen molar-refractivity contribution in [1.29, 1.82) is 0 Å². The van der Waals surface area contributed by atoms with Crippen LogP contribution in [0.3, 0.4) is 0 Å². The second-order valence-corrected chi connectivity index (χ2v) is 16.6. The van der Waals surface area contributed by atoms with Gasteiger partial charge in [-0.2, -0.15) is 0 Å².